The first-order valence-electron chi connectivity index (χ1n) is 9.52. The van der Waals surface area contributed by atoms with Crippen LogP contribution in [-0.2, 0) is 16.4 Å². The summed E-state index contributed by atoms with van der Waals surface area (Å²) in [5.74, 6) is -0.501. The highest BCUT2D eigenvalue weighted by atomic mass is 32.2. The molecule has 0 saturated carbocycles. The van der Waals surface area contributed by atoms with E-state index in [4.69, 9.17) is 4.74 Å². The zero-order valence-corrected chi connectivity index (χ0v) is 19.2. The first-order valence-corrected chi connectivity index (χ1v) is 11.8. The number of ether oxygens (including phenoxy) is 1. The number of carbonyl (C=O) groups excluding carboxylic acids is 1. The van der Waals surface area contributed by atoms with Crippen molar-refractivity contribution in [1.82, 2.24) is 14.6 Å². The van der Waals surface area contributed by atoms with Crippen molar-refractivity contribution in [2.45, 2.75) is 38.5 Å². The van der Waals surface area contributed by atoms with Crippen LogP contribution in [0.1, 0.15) is 39.8 Å². The summed E-state index contributed by atoms with van der Waals surface area (Å²) in [6.45, 7) is 5.61. The highest BCUT2D eigenvalue weighted by molar-refractivity contribution is 7.92. The fourth-order valence-electron chi connectivity index (χ4n) is 2.98. The number of carbonyl (C=O) groups is 1. The first-order chi connectivity index (χ1) is 14.8. The summed E-state index contributed by atoms with van der Waals surface area (Å²) in [7, 11) is -2.71. The van der Waals surface area contributed by atoms with Crippen LogP contribution in [0, 0.1) is 13.8 Å². The number of aromatic nitrogens is 3. The molecular weight excluding hydrogens is 438 g/mol. The predicted molar refractivity (Wildman–Crippen MR) is 119 cm³/mol. The molecule has 31 heavy (non-hydrogen) atoms. The summed E-state index contributed by atoms with van der Waals surface area (Å²) >= 11 is 0.990. The van der Waals surface area contributed by atoms with Gasteiger partial charge < -0.3 is 10.1 Å². The highest BCUT2D eigenvalue weighted by Crippen LogP contribution is 2.29. The maximum Gasteiger partial charge on any atom is 0.269 e. The van der Waals surface area contributed by atoms with Crippen molar-refractivity contribution in [1.29, 1.82) is 0 Å². The molecule has 0 spiro atoms. The number of anilines is 2. The Morgan fingerprint density at radius 1 is 1.23 bits per heavy atom. The lowest BCUT2D eigenvalue weighted by molar-refractivity contribution is 0.102. The lowest BCUT2D eigenvalue weighted by atomic mass is 10.1. The Bertz CT molecular complexity index is 1190. The highest BCUT2D eigenvalue weighted by Gasteiger charge is 2.24. The number of pyridine rings is 1. The molecule has 1 aromatic carbocycles. The molecule has 0 aliphatic heterocycles. The minimum Gasteiger partial charge on any atom is -0.480 e. The van der Waals surface area contributed by atoms with Gasteiger partial charge in [-0.2, -0.15) is 0 Å². The predicted octanol–water partition coefficient (Wildman–Crippen LogP) is 3.56. The van der Waals surface area contributed by atoms with Crippen molar-refractivity contribution >= 4 is 38.8 Å². The molecule has 2 N–H and O–H groups in total. The Balaban J connectivity index is 1.93. The number of hydrogen-bond acceptors (Lipinski definition) is 8. The molecule has 11 heteroatoms. The molecule has 0 bridgehead atoms. The molecule has 2 aromatic heterocycles. The van der Waals surface area contributed by atoms with Crippen LogP contribution < -0.4 is 14.8 Å². The van der Waals surface area contributed by atoms with Gasteiger partial charge >= 0.3 is 0 Å². The third-order valence-electron chi connectivity index (χ3n) is 4.53. The zero-order chi connectivity index (χ0) is 22.6. The van der Waals surface area contributed by atoms with E-state index in [9.17, 15) is 13.2 Å². The molecule has 9 nitrogen and oxygen atoms in total. The van der Waals surface area contributed by atoms with Gasteiger partial charge in [-0.05, 0) is 49.0 Å². The number of amides is 1. The van der Waals surface area contributed by atoms with E-state index in [-0.39, 0.29) is 16.5 Å². The molecule has 164 valence electrons. The molecule has 0 aliphatic carbocycles. The molecule has 0 atom stereocenters. The largest absolute Gasteiger partial charge is 0.480 e. The van der Waals surface area contributed by atoms with Gasteiger partial charge in [0.25, 0.3) is 15.9 Å². The van der Waals surface area contributed by atoms with Crippen LogP contribution in [0.15, 0.2) is 35.4 Å². The molecule has 0 unspecified atom stereocenters. The third kappa shape index (κ3) is 5.00. The van der Waals surface area contributed by atoms with Crippen LogP contribution in [-0.4, -0.2) is 36.0 Å². The molecule has 3 aromatic rings. The fourth-order valence-corrected chi connectivity index (χ4v) is 4.93. The van der Waals surface area contributed by atoms with Gasteiger partial charge in [0.1, 0.15) is 4.88 Å². The van der Waals surface area contributed by atoms with E-state index in [2.05, 4.69) is 24.6 Å². The summed E-state index contributed by atoms with van der Waals surface area (Å²) < 4.78 is 37.9. The van der Waals surface area contributed by atoms with Crippen molar-refractivity contribution in [3.05, 3.63) is 52.2 Å². The van der Waals surface area contributed by atoms with Crippen molar-refractivity contribution in [2.75, 3.05) is 17.1 Å². The topological polar surface area (TPSA) is 123 Å². The number of hydrogen-bond donors (Lipinski definition) is 2. The first kappa shape index (κ1) is 22.6. The molecule has 2 heterocycles. The van der Waals surface area contributed by atoms with Crippen LogP contribution in [0.25, 0.3) is 0 Å². The minimum absolute atomic E-state index is 0.0807. The molecule has 0 fully saturated rings. The van der Waals surface area contributed by atoms with Crippen molar-refractivity contribution in [3.63, 3.8) is 0 Å². The van der Waals surface area contributed by atoms with Gasteiger partial charge in [0, 0.05) is 0 Å². The SMILES string of the molecule is CCCc1nnsc1C(=O)Nc1cnc(OC)c(S(=O)(=O)Nc2c(C)cccc2C)c1. The Morgan fingerprint density at radius 3 is 2.58 bits per heavy atom. The van der Waals surface area contributed by atoms with E-state index in [1.54, 1.807) is 0 Å². The second-order valence-electron chi connectivity index (χ2n) is 6.86. The Labute approximate surface area is 185 Å². The average molecular weight is 462 g/mol. The lowest BCUT2D eigenvalue weighted by Crippen LogP contribution is -2.18. The van der Waals surface area contributed by atoms with E-state index in [1.165, 1.54) is 19.4 Å². The molecular formula is C20H23N5O4S2. The van der Waals surface area contributed by atoms with E-state index in [1.807, 2.05) is 39.0 Å². The minimum atomic E-state index is -4.04. The number of sulfonamides is 1. The maximum atomic E-state index is 13.1. The van der Waals surface area contributed by atoms with Gasteiger partial charge in [0.15, 0.2) is 4.90 Å². The summed E-state index contributed by atoms with van der Waals surface area (Å²) in [6, 6.07) is 6.79. The van der Waals surface area contributed by atoms with Crippen molar-refractivity contribution in [3.8, 4) is 5.88 Å². The molecule has 0 radical (unpaired) electrons. The number of nitrogens with zero attached hydrogens (tertiary/aromatic N) is 3. The van der Waals surface area contributed by atoms with Crippen LogP contribution >= 0.6 is 11.5 Å². The fraction of sp³-hybridized carbons (Fsp3) is 0.300. The third-order valence-corrected chi connectivity index (χ3v) is 6.64. The van der Waals surface area contributed by atoms with E-state index in [0.29, 0.717) is 22.7 Å². The standard InChI is InChI=1S/C20H23N5O4S2/c1-5-7-15-18(30-25-23-15)19(26)22-14-10-16(20(29-4)21-11-14)31(27,28)24-17-12(2)8-6-9-13(17)3/h6,8-11,24H,5,7H2,1-4H3,(H,22,26). The zero-order valence-electron chi connectivity index (χ0n) is 17.6. The normalized spacial score (nSPS) is 11.2. The van der Waals surface area contributed by atoms with Gasteiger partial charge in [-0.1, -0.05) is 36.0 Å². The number of nitrogens with one attached hydrogen (secondary N) is 2. The summed E-state index contributed by atoms with van der Waals surface area (Å²) in [4.78, 5) is 16.9. The molecule has 0 saturated heterocycles. The van der Waals surface area contributed by atoms with Gasteiger partial charge in [0.05, 0.1) is 30.4 Å². The lowest BCUT2D eigenvalue weighted by Gasteiger charge is -2.15. The van der Waals surface area contributed by atoms with Crippen molar-refractivity contribution in [2.24, 2.45) is 0 Å². The number of methoxy groups -OCH3 is 1. The maximum absolute atomic E-state index is 13.1. The Morgan fingerprint density at radius 2 is 1.94 bits per heavy atom. The second-order valence-corrected chi connectivity index (χ2v) is 9.26. The molecule has 1 amide bonds. The number of para-hydroxylation sites is 1. The van der Waals surface area contributed by atoms with E-state index >= 15 is 0 Å². The number of benzene rings is 1. The smallest absolute Gasteiger partial charge is 0.269 e. The number of aryl methyl sites for hydroxylation is 3. The molecule has 3 rings (SSSR count). The quantitative estimate of drug-likeness (QED) is 0.526. The summed E-state index contributed by atoms with van der Waals surface area (Å²) in [5.41, 5.74) is 2.86. The van der Waals surface area contributed by atoms with E-state index < -0.39 is 15.9 Å². The summed E-state index contributed by atoms with van der Waals surface area (Å²) in [5, 5.41) is 6.66. The monoisotopic (exact) mass is 461 g/mol. The second kappa shape index (κ2) is 9.40. The summed E-state index contributed by atoms with van der Waals surface area (Å²) in [6.07, 6.45) is 2.78. The average Bonchev–Trinajstić information content (AvgIpc) is 3.19. The van der Waals surface area contributed by atoms with Crippen LogP contribution in [0.3, 0.4) is 0 Å². The Hall–Kier alpha value is -3.05. The van der Waals surface area contributed by atoms with Crippen molar-refractivity contribution < 1.29 is 17.9 Å². The number of rotatable bonds is 8. The van der Waals surface area contributed by atoms with Gasteiger partial charge in [-0.3, -0.25) is 9.52 Å². The van der Waals surface area contributed by atoms with Crippen LogP contribution in [0.5, 0.6) is 5.88 Å². The van der Waals surface area contributed by atoms with Crippen LogP contribution in [0.4, 0.5) is 11.4 Å². The van der Waals surface area contributed by atoms with E-state index in [0.717, 1.165) is 29.1 Å². The van der Waals surface area contributed by atoms with Crippen LogP contribution in [0.2, 0.25) is 0 Å². The van der Waals surface area contributed by atoms with Gasteiger partial charge in [-0.15, -0.1) is 5.10 Å². The Kier molecular flexibility index (Phi) is 6.86. The van der Waals surface area contributed by atoms with Gasteiger partial charge in [-0.25, -0.2) is 13.4 Å². The molecule has 0 aliphatic rings. The van der Waals surface area contributed by atoms with Gasteiger partial charge in [0.2, 0.25) is 5.88 Å².